The summed E-state index contributed by atoms with van der Waals surface area (Å²) in [5, 5.41) is 3.36. The first-order valence-electron chi connectivity index (χ1n) is 7.87. The predicted molar refractivity (Wildman–Crippen MR) is 87.3 cm³/mol. The largest absolute Gasteiger partial charge is 0.493 e. The molecule has 0 radical (unpaired) electrons. The van der Waals surface area contributed by atoms with Crippen LogP contribution in [0.3, 0.4) is 0 Å². The van der Waals surface area contributed by atoms with Crippen LogP contribution in [0.1, 0.15) is 44.6 Å². The average molecular weight is 291 g/mol. The van der Waals surface area contributed by atoms with Crippen LogP contribution in [0.5, 0.6) is 11.5 Å². The maximum Gasteiger partial charge on any atom is 0.160 e. The molecule has 0 amide bonds. The van der Waals surface area contributed by atoms with Gasteiger partial charge in [0.1, 0.15) is 0 Å². The number of hydrogen-bond donors (Lipinski definition) is 1. The SMILES string of the molecule is CNCC1CCC(C)(C)CC1c1ccc(OC)c(OC)c1. The Morgan fingerprint density at radius 3 is 2.52 bits per heavy atom. The fourth-order valence-corrected chi connectivity index (χ4v) is 3.62. The Morgan fingerprint density at radius 1 is 1.19 bits per heavy atom. The fraction of sp³-hybridized carbons (Fsp3) is 0.667. The van der Waals surface area contributed by atoms with Crippen molar-refractivity contribution in [2.24, 2.45) is 11.3 Å². The van der Waals surface area contributed by atoms with Crippen LogP contribution in [0.15, 0.2) is 18.2 Å². The molecule has 2 rings (SSSR count). The van der Waals surface area contributed by atoms with Crippen molar-refractivity contribution in [3.63, 3.8) is 0 Å². The van der Waals surface area contributed by atoms with E-state index >= 15 is 0 Å². The van der Waals surface area contributed by atoms with Crippen molar-refractivity contribution in [1.82, 2.24) is 5.32 Å². The monoisotopic (exact) mass is 291 g/mol. The van der Waals surface area contributed by atoms with Crippen molar-refractivity contribution in [2.75, 3.05) is 27.8 Å². The maximum absolute atomic E-state index is 5.47. The molecule has 0 saturated heterocycles. The number of ether oxygens (including phenoxy) is 2. The molecule has 0 bridgehead atoms. The molecule has 3 heteroatoms. The molecule has 0 aliphatic heterocycles. The second kappa shape index (κ2) is 6.69. The quantitative estimate of drug-likeness (QED) is 0.894. The molecule has 1 fully saturated rings. The van der Waals surface area contributed by atoms with Crippen LogP contribution in [0.2, 0.25) is 0 Å². The second-order valence-corrected chi connectivity index (χ2v) is 6.95. The van der Waals surface area contributed by atoms with Gasteiger partial charge in [-0.3, -0.25) is 0 Å². The van der Waals surface area contributed by atoms with Crippen molar-refractivity contribution in [3.8, 4) is 11.5 Å². The first-order chi connectivity index (χ1) is 10.0. The summed E-state index contributed by atoms with van der Waals surface area (Å²) in [5.74, 6) is 2.92. The Kier molecular flexibility index (Phi) is 5.15. The Balaban J connectivity index is 2.31. The summed E-state index contributed by atoms with van der Waals surface area (Å²) in [7, 11) is 5.44. The van der Waals surface area contributed by atoms with Crippen LogP contribution in [-0.4, -0.2) is 27.8 Å². The third-order valence-electron chi connectivity index (χ3n) is 4.84. The van der Waals surface area contributed by atoms with Crippen LogP contribution < -0.4 is 14.8 Å². The Bertz CT molecular complexity index is 470. The van der Waals surface area contributed by atoms with E-state index in [9.17, 15) is 0 Å². The highest BCUT2D eigenvalue weighted by Crippen LogP contribution is 2.47. The van der Waals surface area contributed by atoms with E-state index in [-0.39, 0.29) is 0 Å². The van der Waals surface area contributed by atoms with Gasteiger partial charge in [-0.15, -0.1) is 0 Å². The first-order valence-corrected chi connectivity index (χ1v) is 7.87. The fourth-order valence-electron chi connectivity index (χ4n) is 3.62. The van der Waals surface area contributed by atoms with E-state index < -0.39 is 0 Å². The van der Waals surface area contributed by atoms with Gasteiger partial charge in [-0.2, -0.15) is 0 Å². The molecule has 1 saturated carbocycles. The Morgan fingerprint density at radius 2 is 1.90 bits per heavy atom. The maximum atomic E-state index is 5.47. The number of hydrogen-bond acceptors (Lipinski definition) is 3. The lowest BCUT2D eigenvalue weighted by molar-refractivity contribution is 0.161. The van der Waals surface area contributed by atoms with E-state index in [1.54, 1.807) is 14.2 Å². The lowest BCUT2D eigenvalue weighted by Crippen LogP contribution is -2.33. The summed E-state index contributed by atoms with van der Waals surface area (Å²) in [6.45, 7) is 5.85. The Hall–Kier alpha value is -1.22. The number of benzene rings is 1. The van der Waals surface area contributed by atoms with Gasteiger partial charge in [0.25, 0.3) is 0 Å². The van der Waals surface area contributed by atoms with Crippen LogP contribution in [0.4, 0.5) is 0 Å². The van der Waals surface area contributed by atoms with E-state index in [2.05, 4.69) is 31.3 Å². The third kappa shape index (κ3) is 3.70. The van der Waals surface area contributed by atoms with Gasteiger partial charge in [-0.1, -0.05) is 19.9 Å². The van der Waals surface area contributed by atoms with Crippen molar-refractivity contribution >= 4 is 0 Å². The number of methoxy groups -OCH3 is 2. The summed E-state index contributed by atoms with van der Waals surface area (Å²) in [6, 6.07) is 6.40. The van der Waals surface area contributed by atoms with Crippen LogP contribution in [0.25, 0.3) is 0 Å². The normalized spacial score (nSPS) is 24.6. The van der Waals surface area contributed by atoms with Gasteiger partial charge in [-0.05, 0) is 67.8 Å². The summed E-state index contributed by atoms with van der Waals surface area (Å²) < 4.78 is 10.8. The summed E-state index contributed by atoms with van der Waals surface area (Å²) >= 11 is 0. The molecule has 2 unspecified atom stereocenters. The van der Waals surface area contributed by atoms with Gasteiger partial charge in [0.05, 0.1) is 14.2 Å². The number of nitrogens with one attached hydrogen (secondary N) is 1. The molecule has 0 heterocycles. The Labute approximate surface area is 129 Å². The van der Waals surface area contributed by atoms with E-state index in [1.165, 1.54) is 24.8 Å². The average Bonchev–Trinajstić information content (AvgIpc) is 2.48. The van der Waals surface area contributed by atoms with Crippen molar-refractivity contribution in [1.29, 1.82) is 0 Å². The van der Waals surface area contributed by atoms with E-state index in [0.717, 1.165) is 18.0 Å². The van der Waals surface area contributed by atoms with Gasteiger partial charge in [0.15, 0.2) is 11.5 Å². The molecule has 1 aliphatic carbocycles. The molecule has 2 atom stereocenters. The zero-order chi connectivity index (χ0) is 15.5. The standard InChI is InChI=1S/C18H29NO2/c1-18(2)9-8-14(12-19-3)15(11-18)13-6-7-16(20-4)17(10-13)21-5/h6-7,10,14-15,19H,8-9,11-12H2,1-5H3. The minimum absolute atomic E-state index is 0.419. The van der Waals surface area contributed by atoms with Gasteiger partial charge in [-0.25, -0.2) is 0 Å². The second-order valence-electron chi connectivity index (χ2n) is 6.95. The lowest BCUT2D eigenvalue weighted by atomic mass is 9.65. The molecule has 1 N–H and O–H groups in total. The molecule has 1 aromatic rings. The third-order valence-corrected chi connectivity index (χ3v) is 4.84. The predicted octanol–water partition coefficient (Wildman–Crippen LogP) is 3.83. The summed E-state index contributed by atoms with van der Waals surface area (Å²) in [5.41, 5.74) is 1.79. The van der Waals surface area contributed by atoms with Crippen LogP contribution >= 0.6 is 0 Å². The molecule has 1 aromatic carbocycles. The molecular weight excluding hydrogens is 262 g/mol. The number of rotatable bonds is 5. The zero-order valence-corrected chi connectivity index (χ0v) is 14.0. The summed E-state index contributed by atoms with van der Waals surface area (Å²) in [6.07, 6.45) is 3.82. The molecule has 1 aliphatic rings. The first kappa shape index (κ1) is 16.2. The molecule has 3 nitrogen and oxygen atoms in total. The topological polar surface area (TPSA) is 30.5 Å². The van der Waals surface area contributed by atoms with Crippen LogP contribution in [0, 0.1) is 11.3 Å². The van der Waals surface area contributed by atoms with Gasteiger partial charge < -0.3 is 14.8 Å². The highest BCUT2D eigenvalue weighted by Gasteiger charge is 2.35. The van der Waals surface area contributed by atoms with Crippen molar-refractivity contribution < 1.29 is 9.47 Å². The summed E-state index contributed by atoms with van der Waals surface area (Å²) in [4.78, 5) is 0. The molecule has 0 aromatic heterocycles. The van der Waals surface area contributed by atoms with Crippen molar-refractivity contribution in [2.45, 2.75) is 39.0 Å². The van der Waals surface area contributed by atoms with E-state index in [1.807, 2.05) is 13.1 Å². The van der Waals surface area contributed by atoms with Crippen LogP contribution in [-0.2, 0) is 0 Å². The molecule has 118 valence electrons. The van der Waals surface area contributed by atoms with E-state index in [4.69, 9.17) is 9.47 Å². The lowest BCUT2D eigenvalue weighted by Gasteiger charge is -2.41. The highest BCUT2D eigenvalue weighted by atomic mass is 16.5. The molecular formula is C18H29NO2. The van der Waals surface area contributed by atoms with Gasteiger partial charge in [0, 0.05) is 0 Å². The highest BCUT2D eigenvalue weighted by molar-refractivity contribution is 5.44. The van der Waals surface area contributed by atoms with E-state index in [0.29, 0.717) is 17.3 Å². The van der Waals surface area contributed by atoms with Crippen molar-refractivity contribution in [3.05, 3.63) is 23.8 Å². The minimum Gasteiger partial charge on any atom is -0.493 e. The minimum atomic E-state index is 0.419. The molecule has 0 spiro atoms. The zero-order valence-electron chi connectivity index (χ0n) is 14.0. The molecule has 21 heavy (non-hydrogen) atoms. The van der Waals surface area contributed by atoms with Gasteiger partial charge >= 0.3 is 0 Å². The smallest absolute Gasteiger partial charge is 0.160 e. The van der Waals surface area contributed by atoms with Gasteiger partial charge in [0.2, 0.25) is 0 Å².